The van der Waals surface area contributed by atoms with Crippen LogP contribution in [0.25, 0.3) is 0 Å². The SMILES string of the molecule is CCNC(=NCc1cc(C)c(O)c(C)c1)NCc1ccc2c(c1)OCO2. The van der Waals surface area contributed by atoms with Gasteiger partial charge in [-0.15, -0.1) is 0 Å². The first-order valence-electron chi connectivity index (χ1n) is 8.76. The first-order valence-corrected chi connectivity index (χ1v) is 8.76. The van der Waals surface area contributed by atoms with E-state index in [0.29, 0.717) is 18.8 Å². The summed E-state index contributed by atoms with van der Waals surface area (Å²) in [6, 6.07) is 9.84. The van der Waals surface area contributed by atoms with Gasteiger partial charge in [-0.05, 0) is 55.2 Å². The highest BCUT2D eigenvalue weighted by molar-refractivity contribution is 5.79. The van der Waals surface area contributed by atoms with E-state index in [1.54, 1.807) is 0 Å². The van der Waals surface area contributed by atoms with Crippen molar-refractivity contribution < 1.29 is 14.6 Å². The van der Waals surface area contributed by atoms with Crippen LogP contribution in [0.15, 0.2) is 35.3 Å². The van der Waals surface area contributed by atoms with Crippen LogP contribution in [-0.2, 0) is 13.1 Å². The molecule has 0 atom stereocenters. The number of nitrogens with one attached hydrogen (secondary N) is 2. The highest BCUT2D eigenvalue weighted by Gasteiger charge is 2.13. The highest BCUT2D eigenvalue weighted by Crippen LogP contribution is 2.32. The zero-order chi connectivity index (χ0) is 18.5. The van der Waals surface area contributed by atoms with Crippen molar-refractivity contribution in [2.24, 2.45) is 4.99 Å². The molecular formula is C20H25N3O3. The Morgan fingerprint density at radius 2 is 1.77 bits per heavy atom. The lowest BCUT2D eigenvalue weighted by molar-refractivity contribution is 0.174. The maximum atomic E-state index is 9.89. The summed E-state index contributed by atoms with van der Waals surface area (Å²) in [5.41, 5.74) is 3.90. The van der Waals surface area contributed by atoms with Crippen LogP contribution in [0.2, 0.25) is 0 Å². The van der Waals surface area contributed by atoms with Crippen LogP contribution in [0.4, 0.5) is 0 Å². The Morgan fingerprint density at radius 3 is 2.50 bits per heavy atom. The summed E-state index contributed by atoms with van der Waals surface area (Å²) in [6.45, 7) is 8.07. The normalized spacial score (nSPS) is 13.0. The Bertz CT molecular complexity index is 795. The van der Waals surface area contributed by atoms with Gasteiger partial charge in [0.25, 0.3) is 0 Å². The minimum absolute atomic E-state index is 0.280. The number of guanidine groups is 1. The molecule has 0 radical (unpaired) electrons. The number of ether oxygens (including phenoxy) is 2. The van der Waals surface area contributed by atoms with Crippen molar-refractivity contribution in [1.29, 1.82) is 0 Å². The standard InChI is InChI=1S/C20H25N3O3/c1-4-21-20(23-11-16-7-13(2)19(24)14(3)8-16)22-10-15-5-6-17-18(9-15)26-12-25-17/h5-9,24H,4,10-12H2,1-3H3,(H2,21,22,23). The maximum absolute atomic E-state index is 9.89. The summed E-state index contributed by atoms with van der Waals surface area (Å²) < 4.78 is 10.8. The summed E-state index contributed by atoms with van der Waals surface area (Å²) >= 11 is 0. The minimum Gasteiger partial charge on any atom is -0.507 e. The van der Waals surface area contributed by atoms with Crippen molar-refractivity contribution in [3.05, 3.63) is 52.6 Å². The summed E-state index contributed by atoms with van der Waals surface area (Å²) in [6.07, 6.45) is 0. The quantitative estimate of drug-likeness (QED) is 0.568. The third-order valence-corrected chi connectivity index (χ3v) is 4.21. The van der Waals surface area contributed by atoms with Gasteiger partial charge in [-0.1, -0.05) is 18.2 Å². The molecule has 1 aliphatic heterocycles. The average Bonchev–Trinajstić information content (AvgIpc) is 3.09. The number of phenolic OH excluding ortho intramolecular Hbond substituents is 1. The fourth-order valence-electron chi connectivity index (χ4n) is 2.89. The molecule has 0 unspecified atom stereocenters. The molecule has 2 aromatic carbocycles. The molecule has 0 spiro atoms. The maximum Gasteiger partial charge on any atom is 0.231 e. The van der Waals surface area contributed by atoms with Crippen molar-refractivity contribution in [2.75, 3.05) is 13.3 Å². The van der Waals surface area contributed by atoms with Gasteiger partial charge in [0.05, 0.1) is 6.54 Å². The molecule has 3 rings (SSSR count). The lowest BCUT2D eigenvalue weighted by Crippen LogP contribution is -2.36. The highest BCUT2D eigenvalue weighted by atomic mass is 16.7. The van der Waals surface area contributed by atoms with Crippen molar-refractivity contribution in [1.82, 2.24) is 10.6 Å². The molecule has 0 saturated heterocycles. The first-order chi connectivity index (χ1) is 12.6. The molecule has 1 aliphatic rings. The van der Waals surface area contributed by atoms with Gasteiger partial charge in [-0.2, -0.15) is 0 Å². The molecule has 6 nitrogen and oxygen atoms in total. The molecule has 138 valence electrons. The monoisotopic (exact) mass is 355 g/mol. The molecule has 3 N–H and O–H groups in total. The molecule has 1 heterocycles. The molecule has 0 aromatic heterocycles. The number of aromatic hydroxyl groups is 1. The van der Waals surface area contributed by atoms with Gasteiger partial charge in [0.15, 0.2) is 17.5 Å². The number of phenols is 1. The van der Waals surface area contributed by atoms with Gasteiger partial charge in [-0.25, -0.2) is 4.99 Å². The molecule has 0 saturated carbocycles. The van der Waals surface area contributed by atoms with Gasteiger partial charge in [0.1, 0.15) is 5.75 Å². The number of rotatable bonds is 5. The summed E-state index contributed by atoms with van der Waals surface area (Å²) in [7, 11) is 0. The molecule has 0 aliphatic carbocycles. The topological polar surface area (TPSA) is 75.1 Å². The predicted octanol–water partition coefficient (Wildman–Crippen LogP) is 2.99. The number of hydrogen-bond acceptors (Lipinski definition) is 4. The van der Waals surface area contributed by atoms with E-state index >= 15 is 0 Å². The van der Waals surface area contributed by atoms with E-state index in [9.17, 15) is 5.11 Å². The van der Waals surface area contributed by atoms with Gasteiger partial charge in [0, 0.05) is 13.1 Å². The minimum atomic E-state index is 0.280. The number of aliphatic imine (C=N–C) groups is 1. The van der Waals surface area contributed by atoms with Crippen molar-refractivity contribution >= 4 is 5.96 Å². The molecule has 0 amide bonds. The van der Waals surface area contributed by atoms with Crippen molar-refractivity contribution in [2.45, 2.75) is 33.9 Å². The van der Waals surface area contributed by atoms with Gasteiger partial charge in [0.2, 0.25) is 6.79 Å². The summed E-state index contributed by atoms with van der Waals surface area (Å²) in [5.74, 6) is 2.66. The predicted molar refractivity (Wildman–Crippen MR) is 102 cm³/mol. The van der Waals surface area contributed by atoms with E-state index in [-0.39, 0.29) is 6.79 Å². The van der Waals surface area contributed by atoms with Crippen LogP contribution in [-0.4, -0.2) is 24.4 Å². The lowest BCUT2D eigenvalue weighted by atomic mass is 10.1. The van der Waals surface area contributed by atoms with Crippen molar-refractivity contribution in [3.63, 3.8) is 0 Å². The number of fused-ring (bicyclic) bond motifs is 1. The van der Waals surface area contributed by atoms with E-state index in [1.165, 1.54) is 0 Å². The lowest BCUT2D eigenvalue weighted by Gasteiger charge is -2.12. The number of aryl methyl sites for hydroxylation is 2. The Balaban J connectivity index is 1.65. The second-order valence-corrected chi connectivity index (χ2v) is 6.31. The molecule has 6 heteroatoms. The Hall–Kier alpha value is -2.89. The second-order valence-electron chi connectivity index (χ2n) is 6.31. The largest absolute Gasteiger partial charge is 0.507 e. The fraction of sp³-hybridized carbons (Fsp3) is 0.350. The second kappa shape index (κ2) is 7.99. The zero-order valence-corrected chi connectivity index (χ0v) is 15.4. The Labute approximate surface area is 153 Å². The number of benzene rings is 2. The Kier molecular flexibility index (Phi) is 5.51. The van der Waals surface area contributed by atoms with Crippen LogP contribution in [0.1, 0.15) is 29.2 Å². The number of hydrogen-bond donors (Lipinski definition) is 3. The molecule has 2 aromatic rings. The number of nitrogens with zero attached hydrogens (tertiary/aromatic N) is 1. The van der Waals surface area contributed by atoms with E-state index in [1.807, 2.05) is 51.1 Å². The average molecular weight is 355 g/mol. The van der Waals surface area contributed by atoms with E-state index in [4.69, 9.17) is 9.47 Å². The molecule has 26 heavy (non-hydrogen) atoms. The summed E-state index contributed by atoms with van der Waals surface area (Å²) in [5, 5.41) is 16.5. The van der Waals surface area contributed by atoms with E-state index < -0.39 is 0 Å². The molecule has 0 fully saturated rings. The van der Waals surface area contributed by atoms with Crippen molar-refractivity contribution in [3.8, 4) is 17.2 Å². The van der Waals surface area contributed by atoms with Crippen LogP contribution >= 0.6 is 0 Å². The summed E-state index contributed by atoms with van der Waals surface area (Å²) in [4.78, 5) is 4.64. The van der Waals surface area contributed by atoms with E-state index in [2.05, 4.69) is 15.6 Å². The van der Waals surface area contributed by atoms with Crippen LogP contribution in [0.3, 0.4) is 0 Å². The first kappa shape index (κ1) is 17.9. The fourth-order valence-corrected chi connectivity index (χ4v) is 2.89. The van der Waals surface area contributed by atoms with Crippen LogP contribution in [0.5, 0.6) is 17.2 Å². The zero-order valence-electron chi connectivity index (χ0n) is 15.4. The molecule has 0 bridgehead atoms. The smallest absolute Gasteiger partial charge is 0.231 e. The van der Waals surface area contributed by atoms with Gasteiger partial charge >= 0.3 is 0 Å². The van der Waals surface area contributed by atoms with Gasteiger partial charge in [-0.3, -0.25) is 0 Å². The molecular weight excluding hydrogens is 330 g/mol. The third kappa shape index (κ3) is 4.20. The van der Waals surface area contributed by atoms with Crippen LogP contribution < -0.4 is 20.1 Å². The van der Waals surface area contributed by atoms with Gasteiger partial charge < -0.3 is 25.2 Å². The van der Waals surface area contributed by atoms with E-state index in [0.717, 1.165) is 46.3 Å². The van der Waals surface area contributed by atoms with Crippen LogP contribution in [0, 0.1) is 13.8 Å². The Morgan fingerprint density at radius 1 is 1.04 bits per heavy atom. The third-order valence-electron chi connectivity index (χ3n) is 4.21.